The Morgan fingerprint density at radius 2 is 2.12 bits per heavy atom. The monoisotopic (exact) mass is 231 g/mol. The van der Waals surface area contributed by atoms with E-state index in [4.69, 9.17) is 5.53 Å². The fourth-order valence-corrected chi connectivity index (χ4v) is 1.63. The summed E-state index contributed by atoms with van der Waals surface area (Å²) in [5.41, 5.74) is 9.44. The van der Waals surface area contributed by atoms with Crippen LogP contribution in [0.25, 0.3) is 5.53 Å². The van der Waals surface area contributed by atoms with Gasteiger partial charge in [0.2, 0.25) is 5.78 Å². The number of hydrogen-bond donors (Lipinski definition) is 0. The molecule has 17 heavy (non-hydrogen) atoms. The first-order valence-corrected chi connectivity index (χ1v) is 5.65. The Morgan fingerprint density at radius 1 is 1.41 bits per heavy atom. The normalized spacial score (nSPS) is 10.0. The minimum absolute atomic E-state index is 0.138. The van der Waals surface area contributed by atoms with Gasteiger partial charge < -0.3 is 10.4 Å². The maximum Gasteiger partial charge on any atom is 0.323 e. The molecule has 4 heteroatoms. The zero-order chi connectivity index (χ0) is 12.5. The third-order valence-corrected chi connectivity index (χ3v) is 2.46. The van der Waals surface area contributed by atoms with Crippen molar-refractivity contribution >= 4 is 12.0 Å². The Morgan fingerprint density at radius 3 is 2.76 bits per heavy atom. The van der Waals surface area contributed by atoms with Crippen molar-refractivity contribution in [3.05, 3.63) is 41.4 Å². The Hall–Kier alpha value is -1.77. The van der Waals surface area contributed by atoms with Gasteiger partial charge in [-0.05, 0) is 25.6 Å². The minimum atomic E-state index is -0.138. The van der Waals surface area contributed by atoms with E-state index in [0.717, 1.165) is 25.7 Å². The average molecular weight is 231 g/mol. The third-order valence-electron chi connectivity index (χ3n) is 2.46. The van der Waals surface area contributed by atoms with Crippen LogP contribution in [-0.2, 0) is 11.3 Å². The van der Waals surface area contributed by atoms with E-state index in [1.807, 2.05) is 25.2 Å². The molecular formula is C13H17N3O. The Bertz CT molecular complexity index is 396. The summed E-state index contributed by atoms with van der Waals surface area (Å²) in [5, 5.41) is 0. The maximum atomic E-state index is 11.1. The summed E-state index contributed by atoms with van der Waals surface area (Å²) in [6.07, 6.45) is 2.15. The van der Waals surface area contributed by atoms with Gasteiger partial charge in [0.05, 0.1) is 0 Å². The first-order valence-electron chi connectivity index (χ1n) is 5.65. The Balaban J connectivity index is 2.24. The number of benzene rings is 1. The maximum absolute atomic E-state index is 11.1. The molecule has 0 spiro atoms. The molecule has 4 nitrogen and oxygen atoms in total. The molecule has 0 radical (unpaired) electrons. The Kier molecular flexibility index (Phi) is 5.86. The highest BCUT2D eigenvalue weighted by atomic mass is 16.1. The van der Waals surface area contributed by atoms with Gasteiger partial charge in [-0.3, -0.25) is 4.79 Å². The van der Waals surface area contributed by atoms with Crippen LogP contribution in [0, 0.1) is 0 Å². The van der Waals surface area contributed by atoms with Crippen LogP contribution in [0.3, 0.4) is 0 Å². The predicted molar refractivity (Wildman–Crippen MR) is 66.7 cm³/mol. The summed E-state index contributed by atoms with van der Waals surface area (Å²) in [6, 6.07) is 10.2. The van der Waals surface area contributed by atoms with E-state index in [1.165, 1.54) is 5.56 Å². The van der Waals surface area contributed by atoms with E-state index >= 15 is 0 Å². The van der Waals surface area contributed by atoms with E-state index in [2.05, 4.69) is 21.8 Å². The second kappa shape index (κ2) is 7.49. The molecule has 1 aromatic carbocycles. The molecule has 1 aromatic rings. The number of nitrogens with zero attached hydrogens (tertiary/aromatic N) is 3. The van der Waals surface area contributed by atoms with E-state index in [1.54, 1.807) is 0 Å². The van der Waals surface area contributed by atoms with E-state index in [9.17, 15) is 4.79 Å². The minimum Gasteiger partial charge on any atom is -0.361 e. The van der Waals surface area contributed by atoms with Gasteiger partial charge in [0.15, 0.2) is 0 Å². The van der Waals surface area contributed by atoms with E-state index < -0.39 is 0 Å². The van der Waals surface area contributed by atoms with Crippen LogP contribution in [-0.4, -0.2) is 35.3 Å². The van der Waals surface area contributed by atoms with Gasteiger partial charge in [-0.1, -0.05) is 30.3 Å². The van der Waals surface area contributed by atoms with Crippen LogP contribution in [0.5, 0.6) is 0 Å². The molecule has 0 aromatic heterocycles. The molecule has 90 valence electrons. The fraction of sp³-hybridized carbons (Fsp3) is 0.385. The van der Waals surface area contributed by atoms with Crippen molar-refractivity contribution in [3.8, 4) is 0 Å². The first kappa shape index (κ1) is 13.3. The molecule has 0 saturated carbocycles. The molecule has 0 unspecified atom stereocenters. The van der Waals surface area contributed by atoms with Gasteiger partial charge in [-0.25, -0.2) is 0 Å². The molecule has 0 atom stereocenters. The van der Waals surface area contributed by atoms with Crippen molar-refractivity contribution < 1.29 is 9.58 Å². The number of ketones is 1. The number of carbonyl (C=O) groups excluding carboxylic acids is 1. The lowest BCUT2D eigenvalue weighted by molar-refractivity contribution is -0.116. The summed E-state index contributed by atoms with van der Waals surface area (Å²) in [4.78, 5) is 15.9. The largest absolute Gasteiger partial charge is 0.361 e. The van der Waals surface area contributed by atoms with Crippen LogP contribution in [0.15, 0.2) is 30.3 Å². The molecule has 0 saturated heterocycles. The molecule has 0 bridgehead atoms. The molecule has 0 amide bonds. The summed E-state index contributed by atoms with van der Waals surface area (Å²) >= 11 is 0. The molecule has 0 N–H and O–H groups in total. The van der Waals surface area contributed by atoms with Gasteiger partial charge in [0.1, 0.15) is 0 Å². The third kappa shape index (κ3) is 5.76. The van der Waals surface area contributed by atoms with E-state index in [-0.39, 0.29) is 5.78 Å². The van der Waals surface area contributed by atoms with Gasteiger partial charge in [-0.2, -0.15) is 4.79 Å². The van der Waals surface area contributed by atoms with Crippen molar-refractivity contribution in [3.63, 3.8) is 0 Å². The summed E-state index contributed by atoms with van der Waals surface area (Å²) in [7, 11) is 2.03. The van der Waals surface area contributed by atoms with Crippen LogP contribution in [0.1, 0.15) is 18.4 Å². The van der Waals surface area contributed by atoms with E-state index in [0.29, 0.717) is 6.42 Å². The van der Waals surface area contributed by atoms with Gasteiger partial charge in [-0.15, -0.1) is 0 Å². The zero-order valence-electron chi connectivity index (χ0n) is 10.0. The first-order chi connectivity index (χ1) is 8.22. The van der Waals surface area contributed by atoms with Crippen molar-refractivity contribution in [1.82, 2.24) is 4.90 Å². The molecule has 0 aliphatic rings. The van der Waals surface area contributed by atoms with Crippen LogP contribution in [0.2, 0.25) is 0 Å². The average Bonchev–Trinajstić information content (AvgIpc) is 2.30. The number of Topliss-reactive ketones (excluding diaryl/α,β-unsaturated/α-hetero) is 1. The smallest absolute Gasteiger partial charge is 0.323 e. The lowest BCUT2D eigenvalue weighted by Crippen LogP contribution is -2.19. The fourth-order valence-electron chi connectivity index (χ4n) is 1.63. The molecule has 0 heterocycles. The number of hydrogen-bond acceptors (Lipinski definition) is 2. The van der Waals surface area contributed by atoms with Crippen molar-refractivity contribution in [1.29, 1.82) is 0 Å². The van der Waals surface area contributed by atoms with Crippen LogP contribution < -0.4 is 0 Å². The Labute approximate surface area is 101 Å². The molecular weight excluding hydrogens is 214 g/mol. The SMILES string of the molecule is CN(CCCC(=O)C=[N+]=[N-])Cc1ccccc1. The highest BCUT2D eigenvalue weighted by molar-refractivity contribution is 6.25. The molecule has 0 aliphatic carbocycles. The second-order valence-electron chi connectivity index (χ2n) is 4.04. The second-order valence-corrected chi connectivity index (χ2v) is 4.04. The van der Waals surface area contributed by atoms with Gasteiger partial charge in [0.25, 0.3) is 0 Å². The zero-order valence-corrected chi connectivity index (χ0v) is 10.0. The predicted octanol–water partition coefficient (Wildman–Crippen LogP) is 1.77. The standard InChI is InChI=1S/C13H17N3O/c1-16(9-5-8-13(17)10-15-14)11-12-6-3-2-4-7-12/h2-4,6-7,10H,5,8-9,11H2,1H3. The van der Waals surface area contributed by atoms with Crippen LogP contribution >= 0.6 is 0 Å². The quantitative estimate of drug-likeness (QED) is 0.408. The number of carbonyl (C=O) groups is 1. The highest BCUT2D eigenvalue weighted by Gasteiger charge is 2.04. The van der Waals surface area contributed by atoms with Gasteiger partial charge in [0, 0.05) is 13.0 Å². The summed E-state index contributed by atoms with van der Waals surface area (Å²) in [5.74, 6) is -0.138. The summed E-state index contributed by atoms with van der Waals surface area (Å²) in [6.45, 7) is 1.73. The highest BCUT2D eigenvalue weighted by Crippen LogP contribution is 2.03. The topological polar surface area (TPSA) is 56.7 Å². The van der Waals surface area contributed by atoms with Crippen molar-refractivity contribution in [2.45, 2.75) is 19.4 Å². The summed E-state index contributed by atoms with van der Waals surface area (Å²) < 4.78 is 0. The molecule has 0 aliphatic heterocycles. The lowest BCUT2D eigenvalue weighted by atomic mass is 10.2. The molecule has 0 fully saturated rings. The lowest BCUT2D eigenvalue weighted by Gasteiger charge is -2.15. The van der Waals surface area contributed by atoms with Gasteiger partial charge >= 0.3 is 6.21 Å². The number of rotatable bonds is 7. The van der Waals surface area contributed by atoms with Crippen molar-refractivity contribution in [2.24, 2.45) is 0 Å². The molecule has 1 rings (SSSR count). The van der Waals surface area contributed by atoms with Crippen LogP contribution in [0.4, 0.5) is 0 Å². The van der Waals surface area contributed by atoms with Crippen molar-refractivity contribution in [2.75, 3.05) is 13.6 Å².